The zero-order valence-corrected chi connectivity index (χ0v) is 12.5. The van der Waals surface area contributed by atoms with E-state index in [2.05, 4.69) is 5.92 Å². The van der Waals surface area contributed by atoms with Crippen molar-refractivity contribution < 1.29 is 9.53 Å². The van der Waals surface area contributed by atoms with Gasteiger partial charge >= 0.3 is 0 Å². The van der Waals surface area contributed by atoms with Crippen LogP contribution in [0.3, 0.4) is 0 Å². The molecule has 0 N–H and O–H groups in total. The van der Waals surface area contributed by atoms with Crippen LogP contribution in [0.2, 0.25) is 0 Å². The van der Waals surface area contributed by atoms with E-state index >= 15 is 0 Å². The lowest BCUT2D eigenvalue weighted by molar-refractivity contribution is -0.157. The molecule has 0 amide bonds. The van der Waals surface area contributed by atoms with Gasteiger partial charge in [-0.25, -0.2) is 0 Å². The van der Waals surface area contributed by atoms with Crippen molar-refractivity contribution in [2.75, 3.05) is 6.61 Å². The molecule has 2 atom stereocenters. The number of ether oxygens (including phenoxy) is 1. The van der Waals surface area contributed by atoms with Crippen molar-refractivity contribution >= 4 is 5.78 Å². The van der Waals surface area contributed by atoms with Crippen molar-refractivity contribution in [2.24, 2.45) is 11.3 Å². The van der Waals surface area contributed by atoms with Crippen LogP contribution in [0.25, 0.3) is 0 Å². The zero-order valence-electron chi connectivity index (χ0n) is 12.5. The van der Waals surface area contributed by atoms with E-state index in [9.17, 15) is 4.79 Å². The highest BCUT2D eigenvalue weighted by Gasteiger charge is 2.58. The third-order valence-electron chi connectivity index (χ3n) is 5.89. The molecular formula is C18H26O2. The summed E-state index contributed by atoms with van der Waals surface area (Å²) in [6.07, 6.45) is 17.7. The molecule has 3 aliphatic rings. The van der Waals surface area contributed by atoms with Gasteiger partial charge in [-0.3, -0.25) is 4.79 Å². The molecule has 20 heavy (non-hydrogen) atoms. The molecule has 2 heteroatoms. The van der Waals surface area contributed by atoms with Crippen LogP contribution in [0.5, 0.6) is 0 Å². The van der Waals surface area contributed by atoms with Gasteiger partial charge in [-0.15, -0.1) is 12.3 Å². The summed E-state index contributed by atoms with van der Waals surface area (Å²) in [6.45, 7) is 0.739. The molecule has 2 nitrogen and oxygen atoms in total. The number of hydrogen-bond acceptors (Lipinski definition) is 2. The normalized spacial score (nSPS) is 37.0. The highest BCUT2D eigenvalue weighted by molar-refractivity contribution is 5.91. The van der Waals surface area contributed by atoms with Gasteiger partial charge in [0.05, 0.1) is 0 Å². The number of carbonyl (C=O) groups excluding carboxylic acids is 1. The molecule has 2 aliphatic carbocycles. The second kappa shape index (κ2) is 5.53. The van der Waals surface area contributed by atoms with Gasteiger partial charge in [-0.05, 0) is 37.5 Å². The highest BCUT2D eigenvalue weighted by Crippen LogP contribution is 2.55. The molecule has 2 saturated carbocycles. The molecule has 0 unspecified atom stereocenters. The number of Topliss-reactive ketones (excluding diaryl/α,β-unsaturated/α-hetero) is 1. The minimum absolute atomic E-state index is 0.234. The van der Waals surface area contributed by atoms with Crippen LogP contribution in [0, 0.1) is 23.7 Å². The average molecular weight is 274 g/mol. The standard InChI is InChI=1S/C18H26O2/c1-2-8-15-9-7-12-20-18(15)14-17(13-16(18)19)10-5-3-4-6-11-17/h1,15H,3-14H2/t15-,18+/m0/s1. The first-order valence-electron chi connectivity index (χ1n) is 8.32. The predicted molar refractivity (Wildman–Crippen MR) is 79.2 cm³/mol. The van der Waals surface area contributed by atoms with Gasteiger partial charge in [-0.2, -0.15) is 0 Å². The molecule has 0 aromatic rings. The van der Waals surface area contributed by atoms with E-state index in [1.54, 1.807) is 0 Å². The Morgan fingerprint density at radius 3 is 2.65 bits per heavy atom. The van der Waals surface area contributed by atoms with Crippen LogP contribution in [-0.2, 0) is 9.53 Å². The van der Waals surface area contributed by atoms with Crippen LogP contribution in [-0.4, -0.2) is 18.0 Å². The Hall–Kier alpha value is -0.810. The fraction of sp³-hybridized carbons (Fsp3) is 0.833. The second-order valence-electron chi connectivity index (χ2n) is 7.18. The molecule has 0 radical (unpaired) electrons. The number of ketones is 1. The fourth-order valence-electron chi connectivity index (χ4n) is 4.89. The largest absolute Gasteiger partial charge is 0.367 e. The Bertz CT molecular complexity index is 412. The molecule has 3 rings (SSSR count). The molecule has 1 saturated heterocycles. The van der Waals surface area contributed by atoms with Gasteiger partial charge in [0.1, 0.15) is 5.60 Å². The van der Waals surface area contributed by atoms with Crippen molar-refractivity contribution in [1.82, 2.24) is 0 Å². The van der Waals surface area contributed by atoms with Crippen molar-refractivity contribution in [2.45, 2.75) is 76.2 Å². The lowest BCUT2D eigenvalue weighted by atomic mass is 9.73. The van der Waals surface area contributed by atoms with Crippen LogP contribution < -0.4 is 0 Å². The van der Waals surface area contributed by atoms with Crippen LogP contribution in [0.15, 0.2) is 0 Å². The highest BCUT2D eigenvalue weighted by atomic mass is 16.5. The lowest BCUT2D eigenvalue weighted by Gasteiger charge is -2.41. The quantitative estimate of drug-likeness (QED) is 0.678. The molecule has 110 valence electrons. The van der Waals surface area contributed by atoms with Gasteiger partial charge in [0.25, 0.3) is 0 Å². The minimum Gasteiger partial charge on any atom is -0.367 e. The summed E-state index contributed by atoms with van der Waals surface area (Å²) in [5, 5.41) is 0. The number of rotatable bonds is 1. The Morgan fingerprint density at radius 1 is 1.20 bits per heavy atom. The van der Waals surface area contributed by atoms with Gasteiger partial charge in [0.2, 0.25) is 0 Å². The van der Waals surface area contributed by atoms with E-state index in [0.29, 0.717) is 12.2 Å². The first kappa shape index (κ1) is 14.1. The molecule has 1 aliphatic heterocycles. The maximum atomic E-state index is 12.8. The Balaban J connectivity index is 1.85. The third-order valence-corrected chi connectivity index (χ3v) is 5.89. The number of hydrogen-bond donors (Lipinski definition) is 0. The molecule has 2 spiro atoms. The first-order valence-corrected chi connectivity index (χ1v) is 8.32. The monoisotopic (exact) mass is 274 g/mol. The maximum Gasteiger partial charge on any atom is 0.165 e. The lowest BCUT2D eigenvalue weighted by Crippen LogP contribution is -2.48. The Morgan fingerprint density at radius 2 is 1.95 bits per heavy atom. The van der Waals surface area contributed by atoms with Crippen LogP contribution in [0.1, 0.15) is 70.6 Å². The number of carbonyl (C=O) groups is 1. The zero-order chi connectivity index (χ0) is 14.1. The summed E-state index contributed by atoms with van der Waals surface area (Å²) in [5.41, 5.74) is -0.285. The smallest absolute Gasteiger partial charge is 0.165 e. The summed E-state index contributed by atoms with van der Waals surface area (Å²) in [5.74, 6) is 3.40. The topological polar surface area (TPSA) is 26.3 Å². The van der Waals surface area contributed by atoms with E-state index in [4.69, 9.17) is 11.2 Å². The summed E-state index contributed by atoms with van der Waals surface area (Å²) in [6, 6.07) is 0. The maximum absolute atomic E-state index is 12.8. The van der Waals surface area contributed by atoms with E-state index in [0.717, 1.165) is 32.3 Å². The average Bonchev–Trinajstić information content (AvgIpc) is 2.59. The third kappa shape index (κ3) is 2.31. The minimum atomic E-state index is -0.519. The molecule has 0 aromatic heterocycles. The van der Waals surface area contributed by atoms with Crippen molar-refractivity contribution in [3.63, 3.8) is 0 Å². The Kier molecular flexibility index (Phi) is 3.91. The molecule has 0 bridgehead atoms. The van der Waals surface area contributed by atoms with E-state index in [1.807, 2.05) is 0 Å². The van der Waals surface area contributed by atoms with E-state index < -0.39 is 5.60 Å². The van der Waals surface area contributed by atoms with Crippen molar-refractivity contribution in [3.05, 3.63) is 0 Å². The molecule has 0 aromatic carbocycles. The summed E-state index contributed by atoms with van der Waals surface area (Å²) >= 11 is 0. The summed E-state index contributed by atoms with van der Waals surface area (Å²) in [7, 11) is 0. The van der Waals surface area contributed by atoms with E-state index in [-0.39, 0.29) is 11.3 Å². The molecular weight excluding hydrogens is 248 g/mol. The van der Waals surface area contributed by atoms with Gasteiger partial charge < -0.3 is 4.74 Å². The van der Waals surface area contributed by atoms with Crippen molar-refractivity contribution in [3.8, 4) is 12.3 Å². The van der Waals surface area contributed by atoms with Gasteiger partial charge in [0.15, 0.2) is 5.78 Å². The SMILES string of the molecule is C#CC[C@H]1CCCO[C@]12CC1(CCCCCC1)CC2=O. The molecule has 3 fully saturated rings. The predicted octanol–water partition coefficient (Wildman–Crippen LogP) is 3.88. The van der Waals surface area contributed by atoms with Gasteiger partial charge in [0, 0.05) is 25.4 Å². The molecule has 1 heterocycles. The Labute approximate surface area is 122 Å². The van der Waals surface area contributed by atoms with E-state index in [1.165, 1.54) is 38.5 Å². The number of terminal acetylenes is 1. The van der Waals surface area contributed by atoms with Crippen LogP contribution in [0.4, 0.5) is 0 Å². The van der Waals surface area contributed by atoms with Crippen molar-refractivity contribution in [1.29, 1.82) is 0 Å². The summed E-state index contributed by atoms with van der Waals surface area (Å²) in [4.78, 5) is 12.8. The second-order valence-corrected chi connectivity index (χ2v) is 7.18. The van der Waals surface area contributed by atoms with Crippen LogP contribution >= 0.6 is 0 Å². The first-order chi connectivity index (χ1) is 9.71. The fourth-order valence-corrected chi connectivity index (χ4v) is 4.89. The summed E-state index contributed by atoms with van der Waals surface area (Å²) < 4.78 is 6.13. The van der Waals surface area contributed by atoms with Gasteiger partial charge in [-0.1, -0.05) is 25.7 Å².